The Bertz CT molecular complexity index is 968. The molecule has 6 heteroatoms. The van der Waals surface area contributed by atoms with Crippen LogP contribution in [0.25, 0.3) is 0 Å². The second-order valence-corrected chi connectivity index (χ2v) is 6.93. The van der Waals surface area contributed by atoms with Crippen molar-refractivity contribution in [3.63, 3.8) is 0 Å². The summed E-state index contributed by atoms with van der Waals surface area (Å²) in [6, 6.07) is 16.7. The molecular formula is C22H22N4O2. The van der Waals surface area contributed by atoms with Crippen LogP contribution < -0.4 is 10.8 Å². The lowest BCUT2D eigenvalue weighted by atomic mass is 9.80. The van der Waals surface area contributed by atoms with Crippen molar-refractivity contribution in [2.75, 3.05) is 5.48 Å². The van der Waals surface area contributed by atoms with E-state index in [0.717, 1.165) is 29.5 Å². The van der Waals surface area contributed by atoms with Crippen LogP contribution in [-0.2, 0) is 16.9 Å². The van der Waals surface area contributed by atoms with Crippen LogP contribution in [0.3, 0.4) is 0 Å². The number of nitrogens with one attached hydrogen (secondary N) is 3. The number of guanidine groups is 1. The van der Waals surface area contributed by atoms with Crippen molar-refractivity contribution in [1.82, 2.24) is 10.2 Å². The van der Waals surface area contributed by atoms with E-state index in [1.54, 1.807) is 18.2 Å². The topological polar surface area (TPSA) is 88.5 Å². The number of allylic oxidation sites excluding steroid dienone is 2. The lowest BCUT2D eigenvalue weighted by molar-refractivity contribution is -0.130. The smallest absolute Gasteiger partial charge is 0.264 e. The number of hydrogen-bond donors (Lipinski definition) is 4. The maximum atomic E-state index is 13.7. The van der Waals surface area contributed by atoms with Crippen molar-refractivity contribution in [2.45, 2.75) is 24.9 Å². The summed E-state index contributed by atoms with van der Waals surface area (Å²) in [4.78, 5) is 15.1. The zero-order chi connectivity index (χ0) is 19.6. The van der Waals surface area contributed by atoms with Gasteiger partial charge < -0.3 is 5.32 Å². The van der Waals surface area contributed by atoms with Gasteiger partial charge in [-0.3, -0.25) is 25.8 Å². The van der Waals surface area contributed by atoms with Gasteiger partial charge in [0.1, 0.15) is 0 Å². The van der Waals surface area contributed by atoms with Crippen LogP contribution in [0.1, 0.15) is 24.0 Å². The van der Waals surface area contributed by atoms with E-state index in [9.17, 15) is 4.79 Å². The van der Waals surface area contributed by atoms with Crippen molar-refractivity contribution >= 4 is 17.6 Å². The number of amides is 1. The van der Waals surface area contributed by atoms with Crippen molar-refractivity contribution < 1.29 is 10.0 Å². The minimum Gasteiger partial charge on any atom is -0.334 e. The summed E-state index contributed by atoms with van der Waals surface area (Å²) in [5.74, 6) is -0.111. The van der Waals surface area contributed by atoms with Crippen LogP contribution in [0.15, 0.2) is 78.4 Å². The summed E-state index contributed by atoms with van der Waals surface area (Å²) in [5, 5.41) is 20.8. The molecule has 1 heterocycles. The van der Waals surface area contributed by atoms with Crippen LogP contribution in [0, 0.1) is 5.41 Å². The first-order valence-corrected chi connectivity index (χ1v) is 9.25. The molecule has 0 spiro atoms. The van der Waals surface area contributed by atoms with Crippen LogP contribution in [0.5, 0.6) is 0 Å². The fraction of sp³-hybridized carbons (Fsp3) is 0.182. The molecule has 0 saturated carbocycles. The van der Waals surface area contributed by atoms with Gasteiger partial charge in [0.15, 0.2) is 11.5 Å². The molecule has 0 aromatic heterocycles. The zero-order valence-corrected chi connectivity index (χ0v) is 15.4. The Labute approximate surface area is 163 Å². The predicted octanol–water partition coefficient (Wildman–Crippen LogP) is 3.53. The number of hydrogen-bond acceptors (Lipinski definition) is 4. The molecule has 2 aromatic rings. The molecule has 4 N–H and O–H groups in total. The van der Waals surface area contributed by atoms with Crippen molar-refractivity contribution in [1.29, 1.82) is 5.41 Å². The lowest BCUT2D eigenvalue weighted by Gasteiger charge is -2.30. The number of rotatable bonds is 5. The van der Waals surface area contributed by atoms with Gasteiger partial charge in [0.05, 0.1) is 12.2 Å². The second-order valence-electron chi connectivity index (χ2n) is 6.93. The SMILES string of the molecule is N=C1NC(C2=CCCC=C2)(c2ccccc2)C(=O)N1Cc1cccc(NO)c1. The van der Waals surface area contributed by atoms with Crippen LogP contribution in [-0.4, -0.2) is 22.0 Å². The monoisotopic (exact) mass is 374 g/mol. The minimum absolute atomic E-state index is 0.0658. The Kier molecular flexibility index (Phi) is 4.71. The number of nitrogens with zero attached hydrogens (tertiary/aromatic N) is 1. The first-order valence-electron chi connectivity index (χ1n) is 9.25. The summed E-state index contributed by atoms with van der Waals surface area (Å²) in [7, 11) is 0. The fourth-order valence-electron chi connectivity index (χ4n) is 3.81. The summed E-state index contributed by atoms with van der Waals surface area (Å²) < 4.78 is 0. The highest BCUT2D eigenvalue weighted by molar-refractivity contribution is 6.10. The maximum absolute atomic E-state index is 13.7. The third-order valence-corrected chi connectivity index (χ3v) is 5.17. The quantitative estimate of drug-likeness (QED) is 0.603. The van der Waals surface area contributed by atoms with Gasteiger partial charge in [-0.15, -0.1) is 0 Å². The molecule has 4 rings (SSSR count). The third-order valence-electron chi connectivity index (χ3n) is 5.17. The molecule has 6 nitrogen and oxygen atoms in total. The van der Waals surface area contributed by atoms with Crippen LogP contribution in [0.2, 0.25) is 0 Å². The normalized spacial score (nSPS) is 21.5. The van der Waals surface area contributed by atoms with Crippen molar-refractivity contribution in [3.8, 4) is 0 Å². The highest BCUT2D eigenvalue weighted by atomic mass is 16.5. The average molecular weight is 374 g/mol. The lowest BCUT2D eigenvalue weighted by Crippen LogP contribution is -2.45. The van der Waals surface area contributed by atoms with E-state index in [-0.39, 0.29) is 18.4 Å². The van der Waals surface area contributed by atoms with E-state index in [2.05, 4.69) is 22.9 Å². The molecule has 1 saturated heterocycles. The van der Waals surface area contributed by atoms with Crippen LogP contribution >= 0.6 is 0 Å². The first kappa shape index (κ1) is 18.0. The standard InChI is InChI=1S/C22H22N4O2/c23-21-24-22(17-9-3-1-4-10-17,18-11-5-2-6-12-18)20(27)26(21)15-16-8-7-13-19(14-16)25-28/h1,3-5,7-14,25,28H,2,6,15H2,(H2,23,24). The molecule has 1 amide bonds. The third kappa shape index (κ3) is 2.97. The number of anilines is 1. The molecule has 1 fully saturated rings. The van der Waals surface area contributed by atoms with E-state index in [1.807, 2.05) is 42.5 Å². The van der Waals surface area contributed by atoms with E-state index in [4.69, 9.17) is 10.6 Å². The largest absolute Gasteiger partial charge is 0.334 e. The Morgan fingerprint density at radius 3 is 2.68 bits per heavy atom. The van der Waals surface area contributed by atoms with Crippen molar-refractivity contribution in [3.05, 3.63) is 89.5 Å². The molecule has 1 unspecified atom stereocenters. The fourth-order valence-corrected chi connectivity index (χ4v) is 3.81. The van der Waals surface area contributed by atoms with Gasteiger partial charge in [-0.1, -0.05) is 60.7 Å². The Hall–Kier alpha value is -3.38. The minimum atomic E-state index is -1.10. The summed E-state index contributed by atoms with van der Waals surface area (Å²) in [5.41, 5.74) is 4.06. The molecule has 142 valence electrons. The number of benzene rings is 2. The van der Waals surface area contributed by atoms with Gasteiger partial charge in [-0.25, -0.2) is 0 Å². The molecule has 1 aliphatic heterocycles. The Balaban J connectivity index is 1.74. The van der Waals surface area contributed by atoms with Gasteiger partial charge in [0.2, 0.25) is 0 Å². The zero-order valence-electron chi connectivity index (χ0n) is 15.4. The molecule has 0 bridgehead atoms. The molecule has 1 aliphatic carbocycles. The highest BCUT2D eigenvalue weighted by Gasteiger charge is 2.52. The van der Waals surface area contributed by atoms with Gasteiger partial charge in [-0.2, -0.15) is 0 Å². The summed E-state index contributed by atoms with van der Waals surface area (Å²) in [6.45, 7) is 0.242. The summed E-state index contributed by atoms with van der Waals surface area (Å²) in [6.07, 6.45) is 7.94. The van der Waals surface area contributed by atoms with Gasteiger partial charge in [0, 0.05) is 0 Å². The molecule has 0 radical (unpaired) electrons. The first-order chi connectivity index (χ1) is 13.6. The molecule has 1 atom stereocenters. The molecule has 2 aromatic carbocycles. The Morgan fingerprint density at radius 2 is 1.96 bits per heavy atom. The number of carbonyl (C=O) groups excluding carboxylic acids is 1. The molecular weight excluding hydrogens is 352 g/mol. The predicted molar refractivity (Wildman–Crippen MR) is 108 cm³/mol. The van der Waals surface area contributed by atoms with E-state index in [0.29, 0.717) is 5.69 Å². The summed E-state index contributed by atoms with van der Waals surface area (Å²) >= 11 is 0. The average Bonchev–Trinajstić information content (AvgIpc) is 3.01. The van der Waals surface area contributed by atoms with Gasteiger partial charge >= 0.3 is 0 Å². The van der Waals surface area contributed by atoms with Crippen molar-refractivity contribution in [2.24, 2.45) is 0 Å². The van der Waals surface area contributed by atoms with E-state index in [1.165, 1.54) is 4.90 Å². The van der Waals surface area contributed by atoms with Crippen LogP contribution in [0.4, 0.5) is 5.69 Å². The molecule has 2 aliphatic rings. The van der Waals surface area contributed by atoms with E-state index >= 15 is 0 Å². The van der Waals surface area contributed by atoms with Gasteiger partial charge in [0.25, 0.3) is 5.91 Å². The maximum Gasteiger partial charge on any atom is 0.264 e. The number of carbonyl (C=O) groups is 1. The van der Waals surface area contributed by atoms with Gasteiger partial charge in [-0.05, 0) is 41.7 Å². The highest BCUT2D eigenvalue weighted by Crippen LogP contribution is 2.38. The second kappa shape index (κ2) is 7.32. The Morgan fingerprint density at radius 1 is 1.14 bits per heavy atom. The van der Waals surface area contributed by atoms with E-state index < -0.39 is 5.54 Å². The molecule has 28 heavy (non-hydrogen) atoms.